The lowest BCUT2D eigenvalue weighted by atomic mass is 9.94. The third kappa shape index (κ3) is 3.24. The molecule has 90 valence electrons. The zero-order valence-electron chi connectivity index (χ0n) is 10.9. The molecule has 0 bridgehead atoms. The first kappa shape index (κ1) is 13.0. The summed E-state index contributed by atoms with van der Waals surface area (Å²) in [5, 5.41) is 10.1. The molecule has 1 rings (SSSR count). The topological polar surface area (TPSA) is 29.5 Å². The van der Waals surface area contributed by atoms with Crippen molar-refractivity contribution in [3.63, 3.8) is 0 Å². The van der Waals surface area contributed by atoms with Gasteiger partial charge >= 0.3 is 0 Å². The highest BCUT2D eigenvalue weighted by Gasteiger charge is 2.25. The van der Waals surface area contributed by atoms with Gasteiger partial charge in [-0.05, 0) is 38.3 Å². The van der Waals surface area contributed by atoms with Crippen molar-refractivity contribution in [1.29, 1.82) is 0 Å². The molecule has 1 aromatic rings. The van der Waals surface area contributed by atoms with E-state index in [0.29, 0.717) is 6.61 Å². The maximum atomic E-state index is 10.1. The van der Waals surface area contributed by atoms with E-state index in [4.69, 9.17) is 4.74 Å². The zero-order chi connectivity index (χ0) is 12.3. The number of ether oxygens (including phenoxy) is 1. The molecule has 0 saturated carbocycles. The maximum absolute atomic E-state index is 10.1. The largest absolute Gasteiger partial charge is 0.490 e. The Balaban J connectivity index is 2.68. The quantitative estimate of drug-likeness (QED) is 0.848. The average molecular weight is 222 g/mol. The van der Waals surface area contributed by atoms with Crippen LogP contribution in [0.25, 0.3) is 0 Å². The van der Waals surface area contributed by atoms with Crippen molar-refractivity contribution in [3.05, 3.63) is 29.3 Å². The van der Waals surface area contributed by atoms with E-state index in [2.05, 4.69) is 13.0 Å². The molecule has 1 N–H and O–H groups in total. The molecule has 0 aliphatic rings. The summed E-state index contributed by atoms with van der Waals surface area (Å²) in [6.45, 7) is 10.2. The predicted octanol–water partition coefficient (Wildman–Crippen LogP) is 3.09. The second-order valence-corrected chi connectivity index (χ2v) is 5.07. The molecule has 1 aromatic carbocycles. The fourth-order valence-electron chi connectivity index (χ4n) is 1.35. The molecule has 1 unspecified atom stereocenters. The van der Waals surface area contributed by atoms with Crippen LogP contribution in [-0.4, -0.2) is 17.3 Å². The van der Waals surface area contributed by atoms with E-state index >= 15 is 0 Å². The molecule has 0 fully saturated rings. The maximum Gasteiger partial charge on any atom is 0.122 e. The Labute approximate surface area is 98.3 Å². The van der Waals surface area contributed by atoms with Gasteiger partial charge in [-0.15, -0.1) is 0 Å². The van der Waals surface area contributed by atoms with Crippen LogP contribution in [0.1, 0.15) is 31.9 Å². The molecule has 2 nitrogen and oxygen atoms in total. The van der Waals surface area contributed by atoms with Gasteiger partial charge < -0.3 is 9.84 Å². The van der Waals surface area contributed by atoms with E-state index in [0.717, 1.165) is 11.3 Å². The Morgan fingerprint density at radius 3 is 2.44 bits per heavy atom. The first-order valence-electron chi connectivity index (χ1n) is 5.75. The molecule has 0 radical (unpaired) electrons. The second kappa shape index (κ2) is 4.88. The van der Waals surface area contributed by atoms with Crippen LogP contribution in [0, 0.1) is 19.8 Å². The highest BCUT2D eigenvalue weighted by Crippen LogP contribution is 2.22. The summed E-state index contributed by atoms with van der Waals surface area (Å²) in [4.78, 5) is 0. The Morgan fingerprint density at radius 2 is 1.94 bits per heavy atom. The number of aryl methyl sites for hydroxylation is 2. The highest BCUT2D eigenvalue weighted by molar-refractivity contribution is 5.35. The normalized spacial score (nSPS) is 14.9. The van der Waals surface area contributed by atoms with Crippen LogP contribution in [0.5, 0.6) is 5.75 Å². The molecule has 0 spiro atoms. The number of hydrogen-bond acceptors (Lipinski definition) is 2. The van der Waals surface area contributed by atoms with Crippen molar-refractivity contribution >= 4 is 0 Å². The van der Waals surface area contributed by atoms with Gasteiger partial charge in [-0.3, -0.25) is 0 Å². The minimum atomic E-state index is -0.780. The van der Waals surface area contributed by atoms with Crippen LogP contribution in [-0.2, 0) is 0 Å². The van der Waals surface area contributed by atoms with E-state index < -0.39 is 5.60 Å². The van der Waals surface area contributed by atoms with E-state index in [1.165, 1.54) is 5.56 Å². The van der Waals surface area contributed by atoms with Gasteiger partial charge in [0, 0.05) is 0 Å². The van der Waals surface area contributed by atoms with Gasteiger partial charge in [-0.2, -0.15) is 0 Å². The minimum absolute atomic E-state index is 0.179. The summed E-state index contributed by atoms with van der Waals surface area (Å²) in [6.07, 6.45) is 0. The van der Waals surface area contributed by atoms with Crippen LogP contribution in [0.4, 0.5) is 0 Å². The number of aliphatic hydroxyl groups is 1. The molecule has 0 amide bonds. The third-order valence-electron chi connectivity index (χ3n) is 3.09. The van der Waals surface area contributed by atoms with Gasteiger partial charge in [-0.25, -0.2) is 0 Å². The average Bonchev–Trinajstić information content (AvgIpc) is 2.16. The number of hydrogen-bond donors (Lipinski definition) is 1. The van der Waals surface area contributed by atoms with E-state index in [-0.39, 0.29) is 5.92 Å². The van der Waals surface area contributed by atoms with E-state index in [1.54, 1.807) is 6.92 Å². The Kier molecular flexibility index (Phi) is 3.98. The van der Waals surface area contributed by atoms with E-state index in [9.17, 15) is 5.11 Å². The van der Waals surface area contributed by atoms with Crippen molar-refractivity contribution in [2.45, 2.75) is 40.2 Å². The molecule has 0 aliphatic heterocycles. The van der Waals surface area contributed by atoms with Crippen LogP contribution >= 0.6 is 0 Å². The smallest absolute Gasteiger partial charge is 0.122 e. The molecule has 1 atom stereocenters. The fraction of sp³-hybridized carbons (Fsp3) is 0.571. The van der Waals surface area contributed by atoms with E-state index in [1.807, 2.05) is 32.9 Å². The SMILES string of the molecule is Cc1ccc(OCC(C)(O)C(C)C)c(C)c1. The first-order chi connectivity index (χ1) is 7.33. The standard InChI is InChI=1S/C14H22O2/c1-10(2)14(5,15)9-16-13-7-6-11(3)8-12(13)4/h6-8,10,15H,9H2,1-5H3. The predicted molar refractivity (Wildman–Crippen MR) is 66.9 cm³/mol. The first-order valence-corrected chi connectivity index (χ1v) is 5.75. The fourth-order valence-corrected chi connectivity index (χ4v) is 1.35. The Hall–Kier alpha value is -1.02. The van der Waals surface area contributed by atoms with Crippen LogP contribution in [0.15, 0.2) is 18.2 Å². The summed E-state index contributed by atoms with van der Waals surface area (Å²) in [7, 11) is 0. The van der Waals surface area contributed by atoms with Crippen molar-refractivity contribution in [1.82, 2.24) is 0 Å². The molecule has 0 saturated heterocycles. The van der Waals surface area contributed by atoms with Gasteiger partial charge in [0.25, 0.3) is 0 Å². The van der Waals surface area contributed by atoms with Crippen molar-refractivity contribution in [3.8, 4) is 5.75 Å². The van der Waals surface area contributed by atoms with Crippen molar-refractivity contribution < 1.29 is 9.84 Å². The number of rotatable bonds is 4. The molecule has 0 heterocycles. The highest BCUT2D eigenvalue weighted by atomic mass is 16.5. The summed E-state index contributed by atoms with van der Waals surface area (Å²) in [5.74, 6) is 1.03. The molecular formula is C14H22O2. The second-order valence-electron chi connectivity index (χ2n) is 5.07. The van der Waals surface area contributed by atoms with Gasteiger partial charge in [0.1, 0.15) is 12.4 Å². The molecule has 2 heteroatoms. The lowest BCUT2D eigenvalue weighted by molar-refractivity contribution is -0.0268. The Bertz CT molecular complexity index is 354. The summed E-state index contributed by atoms with van der Waals surface area (Å²) in [5.41, 5.74) is 1.55. The molecule has 16 heavy (non-hydrogen) atoms. The lowest BCUT2D eigenvalue weighted by Crippen LogP contribution is -2.37. The molecule has 0 aromatic heterocycles. The van der Waals surface area contributed by atoms with Gasteiger partial charge in [0.15, 0.2) is 0 Å². The third-order valence-corrected chi connectivity index (χ3v) is 3.09. The molecular weight excluding hydrogens is 200 g/mol. The van der Waals surface area contributed by atoms with Crippen LogP contribution in [0.3, 0.4) is 0 Å². The summed E-state index contributed by atoms with van der Waals surface area (Å²) < 4.78 is 5.67. The van der Waals surface area contributed by atoms with Crippen molar-refractivity contribution in [2.75, 3.05) is 6.61 Å². The van der Waals surface area contributed by atoms with Gasteiger partial charge in [-0.1, -0.05) is 31.5 Å². The van der Waals surface area contributed by atoms with Gasteiger partial charge in [0.05, 0.1) is 5.60 Å². The zero-order valence-corrected chi connectivity index (χ0v) is 10.9. The van der Waals surface area contributed by atoms with Gasteiger partial charge in [0.2, 0.25) is 0 Å². The summed E-state index contributed by atoms with van der Waals surface area (Å²) in [6, 6.07) is 6.06. The monoisotopic (exact) mass is 222 g/mol. The van der Waals surface area contributed by atoms with Crippen LogP contribution < -0.4 is 4.74 Å². The molecule has 0 aliphatic carbocycles. The number of benzene rings is 1. The van der Waals surface area contributed by atoms with Crippen LogP contribution in [0.2, 0.25) is 0 Å². The van der Waals surface area contributed by atoms with Crippen molar-refractivity contribution in [2.24, 2.45) is 5.92 Å². The Morgan fingerprint density at radius 1 is 1.31 bits per heavy atom. The summed E-state index contributed by atoms with van der Waals surface area (Å²) >= 11 is 0. The lowest BCUT2D eigenvalue weighted by Gasteiger charge is -2.27. The minimum Gasteiger partial charge on any atom is -0.490 e.